The number of hydrogen-bond acceptors (Lipinski definition) is 1. The molecule has 4 heteroatoms. The molecule has 0 amide bonds. The van der Waals surface area contributed by atoms with Gasteiger partial charge in [0.25, 0.3) is 0 Å². The first-order valence-corrected chi connectivity index (χ1v) is 13.0. The monoisotopic (exact) mass is 317 g/mol. The molecule has 0 atom stereocenters. The van der Waals surface area contributed by atoms with Crippen molar-refractivity contribution in [2.24, 2.45) is 5.92 Å². The molecular formula is C8H15Cl2OSn. The van der Waals surface area contributed by atoms with Gasteiger partial charge in [-0.1, -0.05) is 0 Å². The standard InChI is InChI=1S/C8H15O.2ClH.Sn/c9-7-6-8-4-2-1-3-5-8;;;/h8H,1-7H2;2*1H;/q-1;;;+3/p-2. The average molecular weight is 317 g/mol. The molecule has 0 aromatic carbocycles. The van der Waals surface area contributed by atoms with Crippen LogP contribution < -0.4 is 0 Å². The molecule has 1 saturated carbocycles. The zero-order chi connectivity index (χ0) is 8.81. The van der Waals surface area contributed by atoms with Crippen molar-refractivity contribution in [1.29, 1.82) is 0 Å². The van der Waals surface area contributed by atoms with Gasteiger partial charge < -0.3 is 0 Å². The zero-order valence-corrected chi connectivity index (χ0v) is 11.6. The van der Waals surface area contributed by atoms with Crippen LogP contribution in [-0.4, -0.2) is 24.5 Å². The summed E-state index contributed by atoms with van der Waals surface area (Å²) in [6, 6.07) is 0. The van der Waals surface area contributed by atoms with Crippen molar-refractivity contribution < 1.29 is 3.07 Å². The van der Waals surface area contributed by atoms with Crippen LogP contribution >= 0.6 is 17.8 Å². The summed E-state index contributed by atoms with van der Waals surface area (Å²) in [5.74, 6) is 0.884. The van der Waals surface area contributed by atoms with Gasteiger partial charge in [-0.15, -0.1) is 0 Å². The van der Waals surface area contributed by atoms with E-state index in [0.717, 1.165) is 12.5 Å². The SMILES string of the molecule is [Cl][Sn]([Cl])[O]CCC1CCCCC1. The Hall–Kier alpha value is 1.34. The first kappa shape index (κ1) is 11.4. The van der Waals surface area contributed by atoms with Gasteiger partial charge in [0.2, 0.25) is 0 Å². The summed E-state index contributed by atoms with van der Waals surface area (Å²) in [5.41, 5.74) is 0. The van der Waals surface area contributed by atoms with Crippen LogP contribution in [0.5, 0.6) is 0 Å². The number of hydrogen-bond donors (Lipinski definition) is 0. The molecule has 1 fully saturated rings. The van der Waals surface area contributed by atoms with E-state index in [2.05, 4.69) is 0 Å². The summed E-state index contributed by atoms with van der Waals surface area (Å²) in [6.45, 7) is 0.798. The molecule has 1 rings (SSSR count). The van der Waals surface area contributed by atoms with Gasteiger partial charge in [0.15, 0.2) is 0 Å². The van der Waals surface area contributed by atoms with Crippen LogP contribution in [0, 0.1) is 5.92 Å². The van der Waals surface area contributed by atoms with E-state index < -0.39 is 17.9 Å². The minimum absolute atomic E-state index is 0.798. The third-order valence-corrected chi connectivity index (χ3v) is 5.13. The summed E-state index contributed by atoms with van der Waals surface area (Å²) < 4.78 is 5.27. The van der Waals surface area contributed by atoms with Gasteiger partial charge in [-0.2, -0.15) is 0 Å². The molecule has 0 spiro atoms. The second-order valence-electron chi connectivity index (χ2n) is 3.37. The minimum atomic E-state index is -2.28. The average Bonchev–Trinajstić information content (AvgIpc) is 2.05. The molecular weight excluding hydrogens is 302 g/mol. The molecule has 0 aromatic rings. The summed E-state index contributed by atoms with van der Waals surface area (Å²) in [6.07, 6.45) is 8.15. The van der Waals surface area contributed by atoms with Crippen molar-refractivity contribution in [2.75, 3.05) is 6.61 Å². The summed E-state index contributed by atoms with van der Waals surface area (Å²) in [4.78, 5) is 0. The van der Waals surface area contributed by atoms with Gasteiger partial charge >= 0.3 is 89.9 Å². The number of halogens is 2. The van der Waals surface area contributed by atoms with E-state index in [1.165, 1.54) is 38.5 Å². The van der Waals surface area contributed by atoms with Crippen molar-refractivity contribution in [2.45, 2.75) is 38.5 Å². The molecule has 1 nitrogen and oxygen atoms in total. The van der Waals surface area contributed by atoms with Gasteiger partial charge in [0.05, 0.1) is 0 Å². The Balaban J connectivity index is 1.98. The van der Waals surface area contributed by atoms with Crippen molar-refractivity contribution in [3.63, 3.8) is 0 Å². The van der Waals surface area contributed by atoms with E-state index in [1.807, 2.05) is 0 Å². The fraction of sp³-hybridized carbons (Fsp3) is 1.00. The van der Waals surface area contributed by atoms with Gasteiger partial charge in [0.1, 0.15) is 0 Å². The molecule has 1 aliphatic carbocycles. The fourth-order valence-corrected chi connectivity index (χ4v) is 3.59. The van der Waals surface area contributed by atoms with Crippen molar-refractivity contribution >= 4 is 35.8 Å². The van der Waals surface area contributed by atoms with Crippen LogP contribution in [0.15, 0.2) is 0 Å². The molecule has 71 valence electrons. The van der Waals surface area contributed by atoms with E-state index in [0.29, 0.717) is 0 Å². The predicted molar refractivity (Wildman–Crippen MR) is 54.6 cm³/mol. The Morgan fingerprint density at radius 1 is 1.17 bits per heavy atom. The van der Waals surface area contributed by atoms with Crippen molar-refractivity contribution in [1.82, 2.24) is 0 Å². The van der Waals surface area contributed by atoms with Gasteiger partial charge in [-0.3, -0.25) is 0 Å². The van der Waals surface area contributed by atoms with E-state index in [1.54, 1.807) is 0 Å². The molecule has 0 heterocycles. The van der Waals surface area contributed by atoms with Crippen LogP contribution in [0.3, 0.4) is 0 Å². The molecule has 1 radical (unpaired) electrons. The quantitative estimate of drug-likeness (QED) is 0.722. The third-order valence-electron chi connectivity index (χ3n) is 2.46. The maximum absolute atomic E-state index is 5.64. The van der Waals surface area contributed by atoms with Crippen LogP contribution in [0.25, 0.3) is 0 Å². The molecule has 0 N–H and O–H groups in total. The third kappa shape index (κ3) is 5.15. The first-order chi connectivity index (χ1) is 5.79. The Morgan fingerprint density at radius 3 is 2.42 bits per heavy atom. The second-order valence-corrected chi connectivity index (χ2v) is 11.4. The summed E-state index contributed by atoms with van der Waals surface area (Å²) in [7, 11) is 11.3. The van der Waals surface area contributed by atoms with Crippen LogP contribution in [-0.2, 0) is 3.07 Å². The van der Waals surface area contributed by atoms with E-state index in [-0.39, 0.29) is 0 Å². The topological polar surface area (TPSA) is 9.23 Å². The Labute approximate surface area is 89.5 Å². The van der Waals surface area contributed by atoms with Gasteiger partial charge in [0, 0.05) is 0 Å². The Morgan fingerprint density at radius 2 is 1.83 bits per heavy atom. The van der Waals surface area contributed by atoms with E-state index >= 15 is 0 Å². The summed E-state index contributed by atoms with van der Waals surface area (Å²) in [5, 5.41) is 0. The normalized spacial score (nSPS) is 20.2. The molecule has 0 aliphatic heterocycles. The fourth-order valence-electron chi connectivity index (χ4n) is 1.78. The van der Waals surface area contributed by atoms with Crippen molar-refractivity contribution in [3.05, 3.63) is 0 Å². The zero-order valence-electron chi connectivity index (χ0n) is 7.19. The maximum atomic E-state index is 5.64. The van der Waals surface area contributed by atoms with Gasteiger partial charge in [-0.05, 0) is 0 Å². The second kappa shape index (κ2) is 6.74. The summed E-state index contributed by atoms with van der Waals surface area (Å²) >= 11 is -2.28. The van der Waals surface area contributed by atoms with Crippen molar-refractivity contribution in [3.8, 4) is 0 Å². The van der Waals surface area contributed by atoms with E-state index in [4.69, 9.17) is 20.9 Å². The Kier molecular flexibility index (Phi) is 6.41. The molecule has 0 bridgehead atoms. The Bertz CT molecular complexity index is 116. The predicted octanol–water partition coefficient (Wildman–Crippen LogP) is 3.44. The van der Waals surface area contributed by atoms with Crippen LogP contribution in [0.1, 0.15) is 38.5 Å². The van der Waals surface area contributed by atoms with Gasteiger partial charge in [-0.25, -0.2) is 0 Å². The first-order valence-electron chi connectivity index (χ1n) is 4.60. The van der Waals surface area contributed by atoms with Crippen LogP contribution in [0.4, 0.5) is 0 Å². The molecule has 0 saturated heterocycles. The van der Waals surface area contributed by atoms with E-state index in [9.17, 15) is 0 Å². The molecule has 12 heavy (non-hydrogen) atoms. The van der Waals surface area contributed by atoms with Crippen LogP contribution in [0.2, 0.25) is 0 Å². The molecule has 0 aromatic heterocycles. The number of rotatable bonds is 4. The molecule has 1 aliphatic rings. The molecule has 0 unspecified atom stereocenters.